The van der Waals surface area contributed by atoms with Gasteiger partial charge in [-0.15, -0.1) is 4.91 Å². The molecule has 1 aliphatic rings. The molecule has 3 atom stereocenters. The lowest BCUT2D eigenvalue weighted by Crippen LogP contribution is -2.57. The Morgan fingerprint density at radius 3 is 2.64 bits per heavy atom. The van der Waals surface area contributed by atoms with Crippen molar-refractivity contribution in [1.29, 1.82) is 0 Å². The first-order chi connectivity index (χ1) is 15.9. The Morgan fingerprint density at radius 2 is 1.94 bits per heavy atom. The maximum absolute atomic E-state index is 13.7. The zero-order valence-electron chi connectivity index (χ0n) is 19.6. The standard InChI is InChI=1S/C26H33N3O4/c1-4-33-24(30)13-14-29(18-20-9-6-5-7-10-20)25(31)23-16-26(3,19(2)17-27-23)21-11-8-12-22(15-21)28-32/h5-12,15,19,23,27H,4,13-14,16-18H2,1-3H3/t19?,23?,26-/m1/s1. The summed E-state index contributed by atoms with van der Waals surface area (Å²) < 4.78 is 5.07. The molecule has 7 heteroatoms. The molecule has 176 valence electrons. The summed E-state index contributed by atoms with van der Waals surface area (Å²) in [6.07, 6.45) is 0.736. The number of carbonyl (C=O) groups is 2. The average molecular weight is 452 g/mol. The molecule has 7 nitrogen and oxygen atoms in total. The van der Waals surface area contributed by atoms with Crippen LogP contribution in [0.2, 0.25) is 0 Å². The highest BCUT2D eigenvalue weighted by atomic mass is 16.5. The molecule has 0 aromatic heterocycles. The second-order valence-electron chi connectivity index (χ2n) is 8.93. The van der Waals surface area contributed by atoms with E-state index >= 15 is 0 Å². The zero-order chi connectivity index (χ0) is 23.8. The van der Waals surface area contributed by atoms with Gasteiger partial charge in [0, 0.05) is 13.1 Å². The molecule has 1 amide bonds. The number of nitrogens with zero attached hydrogens (tertiary/aromatic N) is 2. The first-order valence-corrected chi connectivity index (χ1v) is 11.5. The Kier molecular flexibility index (Phi) is 8.33. The third-order valence-corrected chi connectivity index (χ3v) is 6.71. The topological polar surface area (TPSA) is 88.1 Å². The molecule has 1 heterocycles. The molecule has 0 spiro atoms. The molecular formula is C26H33N3O4. The number of piperidine rings is 1. The van der Waals surface area contributed by atoms with Crippen molar-refractivity contribution < 1.29 is 14.3 Å². The number of nitrogens with one attached hydrogen (secondary N) is 1. The molecule has 3 rings (SSSR count). The van der Waals surface area contributed by atoms with E-state index < -0.39 is 6.04 Å². The van der Waals surface area contributed by atoms with Gasteiger partial charge in [-0.2, -0.15) is 0 Å². The number of rotatable bonds is 9. The van der Waals surface area contributed by atoms with Gasteiger partial charge >= 0.3 is 5.97 Å². The number of nitroso groups, excluding NO2 is 1. The fourth-order valence-electron chi connectivity index (χ4n) is 4.49. The van der Waals surface area contributed by atoms with Crippen molar-refractivity contribution in [2.45, 2.75) is 51.6 Å². The van der Waals surface area contributed by atoms with Crippen LogP contribution in [-0.2, 0) is 26.3 Å². The Morgan fingerprint density at radius 1 is 1.18 bits per heavy atom. The lowest BCUT2D eigenvalue weighted by Gasteiger charge is -2.45. The third-order valence-electron chi connectivity index (χ3n) is 6.71. The number of carbonyl (C=O) groups excluding carboxylic acids is 2. The minimum absolute atomic E-state index is 0.0362. The van der Waals surface area contributed by atoms with Crippen LogP contribution in [0.3, 0.4) is 0 Å². The van der Waals surface area contributed by atoms with Crippen LogP contribution in [0, 0.1) is 10.8 Å². The highest BCUT2D eigenvalue weighted by Crippen LogP contribution is 2.40. The number of esters is 1. The van der Waals surface area contributed by atoms with Crippen LogP contribution in [-0.4, -0.2) is 42.5 Å². The molecule has 33 heavy (non-hydrogen) atoms. The summed E-state index contributed by atoms with van der Waals surface area (Å²) in [5, 5.41) is 6.49. The summed E-state index contributed by atoms with van der Waals surface area (Å²) in [5.74, 6) is -0.0897. The van der Waals surface area contributed by atoms with Crippen LogP contribution >= 0.6 is 0 Å². The summed E-state index contributed by atoms with van der Waals surface area (Å²) in [6, 6.07) is 16.7. The van der Waals surface area contributed by atoms with E-state index in [-0.39, 0.29) is 29.6 Å². The van der Waals surface area contributed by atoms with Gasteiger partial charge in [-0.1, -0.05) is 56.3 Å². The van der Waals surface area contributed by atoms with Gasteiger partial charge in [0.1, 0.15) is 5.69 Å². The van der Waals surface area contributed by atoms with Gasteiger partial charge in [-0.05, 0) is 59.7 Å². The van der Waals surface area contributed by atoms with Crippen LogP contribution < -0.4 is 5.32 Å². The van der Waals surface area contributed by atoms with Crippen LogP contribution in [0.1, 0.15) is 44.7 Å². The van der Waals surface area contributed by atoms with E-state index in [1.165, 1.54) is 0 Å². The van der Waals surface area contributed by atoms with E-state index in [0.717, 1.165) is 11.1 Å². The van der Waals surface area contributed by atoms with Crippen LogP contribution in [0.5, 0.6) is 0 Å². The number of hydrogen-bond donors (Lipinski definition) is 1. The van der Waals surface area contributed by atoms with Crippen LogP contribution in [0.15, 0.2) is 59.8 Å². The first kappa shape index (κ1) is 24.6. The fourth-order valence-corrected chi connectivity index (χ4v) is 4.49. The molecule has 0 radical (unpaired) electrons. The second-order valence-corrected chi connectivity index (χ2v) is 8.93. The zero-order valence-corrected chi connectivity index (χ0v) is 19.6. The van der Waals surface area contributed by atoms with Gasteiger partial charge in [-0.3, -0.25) is 9.59 Å². The molecule has 2 aromatic rings. The summed E-state index contributed by atoms with van der Waals surface area (Å²) >= 11 is 0. The van der Waals surface area contributed by atoms with Crippen LogP contribution in [0.25, 0.3) is 0 Å². The quantitative estimate of drug-likeness (QED) is 0.453. The van der Waals surface area contributed by atoms with Gasteiger partial charge in [0.25, 0.3) is 0 Å². The Labute approximate surface area is 195 Å². The number of amides is 1. The molecule has 1 N–H and O–H groups in total. The van der Waals surface area contributed by atoms with Gasteiger partial charge in [-0.25, -0.2) is 0 Å². The van der Waals surface area contributed by atoms with E-state index in [2.05, 4.69) is 24.3 Å². The first-order valence-electron chi connectivity index (χ1n) is 11.5. The minimum atomic E-state index is -0.398. The number of benzene rings is 2. The molecular weight excluding hydrogens is 418 g/mol. The number of hydrogen-bond acceptors (Lipinski definition) is 6. The summed E-state index contributed by atoms with van der Waals surface area (Å²) in [6.45, 7) is 7.77. The molecule has 0 aliphatic carbocycles. The van der Waals surface area contributed by atoms with E-state index in [4.69, 9.17) is 4.74 Å². The van der Waals surface area contributed by atoms with Crippen molar-refractivity contribution in [1.82, 2.24) is 10.2 Å². The Balaban J connectivity index is 1.81. The van der Waals surface area contributed by atoms with E-state index in [9.17, 15) is 14.5 Å². The normalized spacial score (nSPS) is 22.4. The molecule has 0 bridgehead atoms. The Hall–Kier alpha value is -3.06. The molecule has 0 saturated carbocycles. The lowest BCUT2D eigenvalue weighted by atomic mass is 9.66. The molecule has 1 aliphatic heterocycles. The molecule has 2 aromatic carbocycles. The Bertz CT molecular complexity index is 965. The predicted molar refractivity (Wildman–Crippen MR) is 128 cm³/mol. The van der Waals surface area contributed by atoms with Crippen molar-refractivity contribution in [2.75, 3.05) is 19.7 Å². The number of ether oxygens (including phenoxy) is 1. The smallest absolute Gasteiger partial charge is 0.307 e. The summed E-state index contributed by atoms with van der Waals surface area (Å²) in [7, 11) is 0. The largest absolute Gasteiger partial charge is 0.466 e. The van der Waals surface area contributed by atoms with Crippen molar-refractivity contribution in [2.24, 2.45) is 11.1 Å². The lowest BCUT2D eigenvalue weighted by molar-refractivity contribution is -0.144. The van der Waals surface area contributed by atoms with Crippen molar-refractivity contribution in [3.63, 3.8) is 0 Å². The van der Waals surface area contributed by atoms with Crippen molar-refractivity contribution in [3.05, 3.63) is 70.6 Å². The maximum Gasteiger partial charge on any atom is 0.307 e. The molecule has 2 unspecified atom stereocenters. The maximum atomic E-state index is 13.7. The van der Waals surface area contributed by atoms with Gasteiger partial charge < -0.3 is 15.0 Å². The monoisotopic (exact) mass is 451 g/mol. The third kappa shape index (κ3) is 6.05. The van der Waals surface area contributed by atoms with Gasteiger partial charge in [0.15, 0.2) is 0 Å². The van der Waals surface area contributed by atoms with Crippen molar-refractivity contribution in [3.8, 4) is 0 Å². The fraction of sp³-hybridized carbons (Fsp3) is 0.462. The highest BCUT2D eigenvalue weighted by molar-refractivity contribution is 5.83. The van der Waals surface area contributed by atoms with Crippen LogP contribution in [0.4, 0.5) is 5.69 Å². The summed E-state index contributed by atoms with van der Waals surface area (Å²) in [5.41, 5.74) is 2.10. The van der Waals surface area contributed by atoms with Gasteiger partial charge in [0.2, 0.25) is 5.91 Å². The van der Waals surface area contributed by atoms with E-state index in [1.807, 2.05) is 48.5 Å². The average Bonchev–Trinajstić information content (AvgIpc) is 2.84. The minimum Gasteiger partial charge on any atom is -0.466 e. The predicted octanol–water partition coefficient (Wildman–Crippen LogP) is 4.32. The highest BCUT2D eigenvalue weighted by Gasteiger charge is 2.42. The summed E-state index contributed by atoms with van der Waals surface area (Å²) in [4.78, 5) is 38.5. The molecule has 1 fully saturated rings. The SMILES string of the molecule is CCOC(=O)CCN(Cc1ccccc1)C(=O)C1C[C@@](C)(c2cccc(N=O)c2)C(C)CN1. The van der Waals surface area contributed by atoms with E-state index in [1.54, 1.807) is 17.9 Å². The van der Waals surface area contributed by atoms with E-state index in [0.29, 0.717) is 38.3 Å². The van der Waals surface area contributed by atoms with Gasteiger partial charge in [0.05, 0.1) is 19.1 Å². The molecule has 1 saturated heterocycles. The second kappa shape index (κ2) is 11.2. The van der Waals surface area contributed by atoms with Crippen molar-refractivity contribution >= 4 is 17.6 Å².